The molecule has 0 spiro atoms. The Labute approximate surface area is 108 Å². The number of carbonyl (C=O) groups excluding carboxylic acids is 1. The lowest BCUT2D eigenvalue weighted by Crippen LogP contribution is -2.27. The second-order valence-electron chi connectivity index (χ2n) is 3.87. The molecule has 1 unspecified atom stereocenters. The highest BCUT2D eigenvalue weighted by atomic mass is 32.1. The van der Waals surface area contributed by atoms with Gasteiger partial charge in [-0.15, -0.1) is 21.5 Å². The number of nitrogens with two attached hydrogens (primary N) is 1. The van der Waals surface area contributed by atoms with Crippen LogP contribution in [0.3, 0.4) is 0 Å². The van der Waals surface area contributed by atoms with E-state index in [2.05, 4.69) is 20.5 Å². The quantitative estimate of drug-likeness (QED) is 0.870. The summed E-state index contributed by atoms with van der Waals surface area (Å²) in [7, 11) is 0. The Morgan fingerprint density at radius 3 is 2.78 bits per heavy atom. The normalized spacial score (nSPS) is 12.1. The molecule has 0 fully saturated rings. The lowest BCUT2D eigenvalue weighted by molar-refractivity contribution is 0.0934. The number of nitrogen functional groups attached to an aromatic ring is 1. The fourth-order valence-corrected chi connectivity index (χ4v) is 2.17. The van der Waals surface area contributed by atoms with Crippen molar-refractivity contribution in [1.82, 2.24) is 20.5 Å². The highest BCUT2D eigenvalue weighted by Gasteiger charge is 2.15. The van der Waals surface area contributed by atoms with Crippen molar-refractivity contribution in [3.05, 3.63) is 33.9 Å². The van der Waals surface area contributed by atoms with Crippen LogP contribution in [-0.4, -0.2) is 21.1 Å². The summed E-state index contributed by atoms with van der Waals surface area (Å²) in [5, 5.41) is 13.0. The number of anilines is 1. The summed E-state index contributed by atoms with van der Waals surface area (Å²) in [6.07, 6.45) is 0. The number of aryl methyl sites for hydroxylation is 1. The molecule has 0 aliphatic rings. The van der Waals surface area contributed by atoms with E-state index in [1.54, 1.807) is 6.07 Å². The zero-order valence-corrected chi connectivity index (χ0v) is 10.9. The number of carbonyl (C=O) groups is 1. The predicted octanol–water partition coefficient (Wildman–Crippen LogP) is 1.31. The van der Waals surface area contributed by atoms with Crippen LogP contribution in [0, 0.1) is 6.92 Å². The third-order valence-corrected chi connectivity index (χ3v) is 3.42. The maximum absolute atomic E-state index is 11.9. The molecule has 2 rings (SSSR count). The lowest BCUT2D eigenvalue weighted by atomic mass is 10.3. The molecule has 0 aliphatic heterocycles. The SMILES string of the molecule is Cc1csc(C(C)NC(=O)c2ccc(N)nn2)n1. The molecule has 0 aromatic carbocycles. The Hall–Kier alpha value is -2.02. The van der Waals surface area contributed by atoms with E-state index in [-0.39, 0.29) is 23.5 Å². The summed E-state index contributed by atoms with van der Waals surface area (Å²) in [6.45, 7) is 3.79. The van der Waals surface area contributed by atoms with E-state index in [1.165, 1.54) is 17.4 Å². The van der Waals surface area contributed by atoms with Crippen molar-refractivity contribution in [2.24, 2.45) is 0 Å². The van der Waals surface area contributed by atoms with Gasteiger partial charge in [-0.3, -0.25) is 4.79 Å². The zero-order valence-electron chi connectivity index (χ0n) is 10.0. The van der Waals surface area contributed by atoms with Crippen LogP contribution in [0.1, 0.15) is 34.2 Å². The molecule has 18 heavy (non-hydrogen) atoms. The first-order valence-corrected chi connectivity index (χ1v) is 6.26. The maximum atomic E-state index is 11.9. The minimum Gasteiger partial charge on any atom is -0.382 e. The number of amides is 1. The maximum Gasteiger partial charge on any atom is 0.272 e. The molecule has 0 bridgehead atoms. The third kappa shape index (κ3) is 2.80. The van der Waals surface area contributed by atoms with Gasteiger partial charge in [0.05, 0.1) is 6.04 Å². The molecule has 2 heterocycles. The molecule has 1 atom stereocenters. The molecule has 2 aromatic heterocycles. The number of hydrogen-bond acceptors (Lipinski definition) is 6. The first-order chi connectivity index (χ1) is 8.56. The van der Waals surface area contributed by atoms with Gasteiger partial charge in [0.2, 0.25) is 0 Å². The van der Waals surface area contributed by atoms with Crippen LogP contribution in [0.15, 0.2) is 17.5 Å². The third-order valence-electron chi connectivity index (χ3n) is 2.27. The van der Waals surface area contributed by atoms with Gasteiger partial charge in [0.1, 0.15) is 10.8 Å². The number of nitrogens with zero attached hydrogens (tertiary/aromatic N) is 3. The largest absolute Gasteiger partial charge is 0.382 e. The lowest BCUT2D eigenvalue weighted by Gasteiger charge is -2.10. The summed E-state index contributed by atoms with van der Waals surface area (Å²) in [5.74, 6) is -0.00185. The molecular formula is C11H13N5OS. The minimum absolute atomic E-state index is 0.157. The smallest absolute Gasteiger partial charge is 0.272 e. The molecule has 1 amide bonds. The summed E-state index contributed by atoms with van der Waals surface area (Å²) in [4.78, 5) is 16.2. The molecule has 7 heteroatoms. The van der Waals surface area contributed by atoms with E-state index >= 15 is 0 Å². The van der Waals surface area contributed by atoms with Crippen molar-refractivity contribution in [2.75, 3.05) is 5.73 Å². The van der Waals surface area contributed by atoms with Gasteiger partial charge in [-0.1, -0.05) is 0 Å². The summed E-state index contributed by atoms with van der Waals surface area (Å²) >= 11 is 1.52. The minimum atomic E-state index is -0.289. The molecule has 0 aliphatic carbocycles. The van der Waals surface area contributed by atoms with Crippen molar-refractivity contribution >= 4 is 23.1 Å². The van der Waals surface area contributed by atoms with Gasteiger partial charge in [-0.25, -0.2) is 4.98 Å². The van der Waals surface area contributed by atoms with Crippen molar-refractivity contribution in [2.45, 2.75) is 19.9 Å². The number of thiazole rings is 1. The van der Waals surface area contributed by atoms with Crippen molar-refractivity contribution in [1.29, 1.82) is 0 Å². The van der Waals surface area contributed by atoms with Gasteiger partial charge in [-0.05, 0) is 26.0 Å². The summed E-state index contributed by atoms with van der Waals surface area (Å²) in [6, 6.07) is 2.92. The van der Waals surface area contributed by atoms with Gasteiger partial charge in [-0.2, -0.15) is 0 Å². The highest BCUT2D eigenvalue weighted by molar-refractivity contribution is 7.09. The number of rotatable bonds is 3. The van der Waals surface area contributed by atoms with E-state index in [4.69, 9.17) is 5.73 Å². The first-order valence-electron chi connectivity index (χ1n) is 5.38. The Balaban J connectivity index is 2.05. The number of aromatic nitrogens is 3. The predicted molar refractivity (Wildman–Crippen MR) is 69.2 cm³/mol. The molecule has 0 radical (unpaired) electrons. The topological polar surface area (TPSA) is 93.8 Å². The van der Waals surface area contributed by atoms with Crippen LogP contribution in [0.4, 0.5) is 5.82 Å². The number of hydrogen-bond donors (Lipinski definition) is 2. The van der Waals surface area contributed by atoms with Gasteiger partial charge in [0, 0.05) is 11.1 Å². The van der Waals surface area contributed by atoms with Crippen molar-refractivity contribution in [3.63, 3.8) is 0 Å². The zero-order chi connectivity index (χ0) is 13.1. The Morgan fingerprint density at radius 1 is 1.44 bits per heavy atom. The molecule has 0 saturated carbocycles. The van der Waals surface area contributed by atoms with Crippen LogP contribution < -0.4 is 11.1 Å². The van der Waals surface area contributed by atoms with Crippen LogP contribution in [-0.2, 0) is 0 Å². The van der Waals surface area contributed by atoms with E-state index < -0.39 is 0 Å². The fourth-order valence-electron chi connectivity index (χ4n) is 1.37. The molecule has 94 valence electrons. The fraction of sp³-hybridized carbons (Fsp3) is 0.273. The molecule has 2 aromatic rings. The second-order valence-corrected chi connectivity index (χ2v) is 4.76. The monoisotopic (exact) mass is 263 g/mol. The Morgan fingerprint density at radius 2 is 2.22 bits per heavy atom. The van der Waals surface area contributed by atoms with Gasteiger partial charge in [0.15, 0.2) is 5.69 Å². The molecule has 6 nitrogen and oxygen atoms in total. The van der Waals surface area contributed by atoms with Crippen LogP contribution >= 0.6 is 11.3 Å². The molecule has 0 saturated heterocycles. The Bertz CT molecular complexity index is 551. The average molecular weight is 263 g/mol. The highest BCUT2D eigenvalue weighted by Crippen LogP contribution is 2.17. The second kappa shape index (κ2) is 5.09. The van der Waals surface area contributed by atoms with Crippen molar-refractivity contribution in [3.8, 4) is 0 Å². The molecule has 3 N–H and O–H groups in total. The van der Waals surface area contributed by atoms with Crippen LogP contribution in [0.5, 0.6) is 0 Å². The molecular weight excluding hydrogens is 250 g/mol. The van der Waals surface area contributed by atoms with Gasteiger partial charge >= 0.3 is 0 Å². The van der Waals surface area contributed by atoms with E-state index in [9.17, 15) is 4.79 Å². The van der Waals surface area contributed by atoms with E-state index in [0.717, 1.165) is 10.7 Å². The van der Waals surface area contributed by atoms with E-state index in [1.807, 2.05) is 19.2 Å². The van der Waals surface area contributed by atoms with E-state index in [0.29, 0.717) is 0 Å². The van der Waals surface area contributed by atoms with Crippen LogP contribution in [0.2, 0.25) is 0 Å². The van der Waals surface area contributed by atoms with Gasteiger partial charge < -0.3 is 11.1 Å². The van der Waals surface area contributed by atoms with Gasteiger partial charge in [0.25, 0.3) is 5.91 Å². The Kier molecular flexibility index (Phi) is 3.52. The standard InChI is InChI=1S/C11H13N5OS/c1-6-5-18-11(13-6)7(2)14-10(17)8-3-4-9(12)16-15-8/h3-5,7H,1-2H3,(H2,12,16)(H,14,17). The van der Waals surface area contributed by atoms with Crippen molar-refractivity contribution < 1.29 is 4.79 Å². The van der Waals surface area contributed by atoms with Crippen LogP contribution in [0.25, 0.3) is 0 Å². The summed E-state index contributed by atoms with van der Waals surface area (Å²) in [5.41, 5.74) is 6.60. The number of nitrogens with one attached hydrogen (secondary N) is 1. The summed E-state index contributed by atoms with van der Waals surface area (Å²) < 4.78 is 0. The first kappa shape index (κ1) is 12.4. The average Bonchev–Trinajstić information content (AvgIpc) is 2.76.